The van der Waals surface area contributed by atoms with Crippen molar-refractivity contribution >= 4 is 29.2 Å². The molecule has 0 saturated carbocycles. The Labute approximate surface area is 197 Å². The minimum atomic E-state index is -1.05. The van der Waals surface area contributed by atoms with Crippen LogP contribution in [0.1, 0.15) is 40.1 Å². The summed E-state index contributed by atoms with van der Waals surface area (Å²) in [7, 11) is 0. The van der Waals surface area contributed by atoms with Crippen molar-refractivity contribution in [2.75, 3.05) is 5.32 Å². The van der Waals surface area contributed by atoms with E-state index in [1.807, 2.05) is 0 Å². The van der Waals surface area contributed by atoms with Crippen LogP contribution in [0.25, 0.3) is 16.8 Å². The highest BCUT2D eigenvalue weighted by molar-refractivity contribution is 6.31. The molecule has 11 heteroatoms. The van der Waals surface area contributed by atoms with E-state index in [9.17, 15) is 14.7 Å². The molecule has 10 nitrogen and oxygen atoms in total. The Morgan fingerprint density at radius 2 is 1.91 bits per heavy atom. The lowest BCUT2D eigenvalue weighted by atomic mass is 10.0. The van der Waals surface area contributed by atoms with Gasteiger partial charge in [0.1, 0.15) is 6.33 Å². The topological polar surface area (TPSA) is 143 Å². The fourth-order valence-electron chi connectivity index (χ4n) is 4.03. The second kappa shape index (κ2) is 8.65. The van der Waals surface area contributed by atoms with Crippen molar-refractivity contribution in [1.82, 2.24) is 25.2 Å². The van der Waals surface area contributed by atoms with Gasteiger partial charge in [0.15, 0.2) is 0 Å². The summed E-state index contributed by atoms with van der Waals surface area (Å²) in [5, 5.41) is 34.3. The lowest BCUT2D eigenvalue weighted by Crippen LogP contribution is -2.20. The number of pyridine rings is 1. The molecule has 0 saturated heterocycles. The minimum absolute atomic E-state index is 0.121. The summed E-state index contributed by atoms with van der Waals surface area (Å²) in [6, 6.07) is 12.9. The molecule has 4 aromatic rings. The number of anilines is 1. The van der Waals surface area contributed by atoms with Gasteiger partial charge in [0.2, 0.25) is 5.91 Å². The van der Waals surface area contributed by atoms with Gasteiger partial charge in [-0.05, 0) is 65.4 Å². The average Bonchev–Trinajstić information content (AvgIpc) is 3.48. The maximum atomic E-state index is 12.9. The van der Waals surface area contributed by atoms with Gasteiger partial charge >= 0.3 is 5.97 Å². The zero-order valence-electron chi connectivity index (χ0n) is 17.5. The second-order valence-corrected chi connectivity index (χ2v) is 8.23. The highest BCUT2D eigenvalue weighted by atomic mass is 35.5. The van der Waals surface area contributed by atoms with Crippen LogP contribution in [0.5, 0.6) is 0 Å². The van der Waals surface area contributed by atoms with Crippen LogP contribution in [0.15, 0.2) is 61.1 Å². The number of nitrogens with zero attached hydrogens (tertiary/aromatic N) is 5. The van der Waals surface area contributed by atoms with Gasteiger partial charge in [-0.2, -0.15) is 4.68 Å². The number of carbonyl (C=O) groups is 2. The molecule has 5 rings (SSSR count). The molecule has 0 aliphatic heterocycles. The van der Waals surface area contributed by atoms with Crippen LogP contribution in [-0.2, 0) is 4.79 Å². The molecule has 0 radical (unpaired) electrons. The number of halogens is 1. The number of rotatable bonds is 5. The van der Waals surface area contributed by atoms with Crippen molar-refractivity contribution in [2.24, 2.45) is 0 Å². The SMILES string of the molecule is O=C(O)c1ccc(NC(=O)C2C[C@H](O)c3cc(-c4cc(Cl)ccc4-n4cnnn4)cnc32)cc1. The minimum Gasteiger partial charge on any atom is -0.478 e. The van der Waals surface area contributed by atoms with E-state index >= 15 is 0 Å². The summed E-state index contributed by atoms with van der Waals surface area (Å²) in [6.07, 6.45) is 2.40. The number of carboxylic acids is 1. The van der Waals surface area contributed by atoms with Gasteiger partial charge in [0, 0.05) is 33.6 Å². The lowest BCUT2D eigenvalue weighted by molar-refractivity contribution is -0.118. The Bertz CT molecular complexity index is 1390. The Balaban J connectivity index is 1.44. The predicted octanol–water partition coefficient (Wildman–Crippen LogP) is 3.24. The monoisotopic (exact) mass is 476 g/mol. The van der Waals surface area contributed by atoms with Gasteiger partial charge in [0.05, 0.1) is 29.0 Å². The standard InChI is InChI=1S/C23H17ClN6O4/c24-14-3-6-19(30-11-26-28-29-30)16(8-14)13-7-17-20(31)9-18(21(17)25-10-13)22(32)27-15-4-1-12(2-5-15)23(33)34/h1-8,10-11,18,20,31H,9H2,(H,27,32)(H,33,34)/t18?,20-/m0/s1. The number of aliphatic hydroxyl groups is 1. The fraction of sp³-hybridized carbons (Fsp3) is 0.130. The molecule has 2 aromatic carbocycles. The van der Waals surface area contributed by atoms with Crippen molar-refractivity contribution in [3.05, 3.63) is 82.9 Å². The van der Waals surface area contributed by atoms with E-state index in [4.69, 9.17) is 16.7 Å². The van der Waals surface area contributed by atoms with E-state index in [-0.39, 0.29) is 17.9 Å². The molecule has 3 N–H and O–H groups in total. The number of tetrazole rings is 1. The van der Waals surface area contributed by atoms with Crippen LogP contribution in [0.2, 0.25) is 5.02 Å². The number of aromatic nitrogens is 5. The van der Waals surface area contributed by atoms with Crippen LogP contribution >= 0.6 is 11.6 Å². The number of aliphatic hydroxyl groups excluding tert-OH is 1. The van der Waals surface area contributed by atoms with Crippen molar-refractivity contribution in [2.45, 2.75) is 18.4 Å². The Morgan fingerprint density at radius 3 is 2.62 bits per heavy atom. The number of hydrogen-bond acceptors (Lipinski definition) is 7. The third-order valence-electron chi connectivity index (χ3n) is 5.68. The summed E-state index contributed by atoms with van der Waals surface area (Å²) >= 11 is 6.23. The van der Waals surface area contributed by atoms with E-state index in [0.717, 1.165) is 0 Å². The first-order chi connectivity index (χ1) is 16.4. The van der Waals surface area contributed by atoms with E-state index in [1.165, 1.54) is 35.3 Å². The molecule has 34 heavy (non-hydrogen) atoms. The summed E-state index contributed by atoms with van der Waals surface area (Å²) in [4.78, 5) is 28.5. The van der Waals surface area contributed by atoms with Crippen LogP contribution < -0.4 is 5.32 Å². The molecule has 1 unspecified atom stereocenters. The van der Waals surface area contributed by atoms with Crippen molar-refractivity contribution in [3.8, 4) is 16.8 Å². The Hall–Kier alpha value is -4.15. The van der Waals surface area contributed by atoms with Crippen LogP contribution in [0, 0.1) is 0 Å². The van der Waals surface area contributed by atoms with Crippen LogP contribution in [0.4, 0.5) is 5.69 Å². The average molecular weight is 477 g/mol. The van der Waals surface area contributed by atoms with Gasteiger partial charge in [-0.15, -0.1) is 5.10 Å². The molecule has 2 atom stereocenters. The van der Waals surface area contributed by atoms with E-state index in [1.54, 1.807) is 30.5 Å². The quantitative estimate of drug-likeness (QED) is 0.398. The third kappa shape index (κ3) is 4.00. The molecule has 2 aromatic heterocycles. The Kier molecular flexibility index (Phi) is 5.52. The molecule has 1 amide bonds. The van der Waals surface area contributed by atoms with Crippen LogP contribution in [0.3, 0.4) is 0 Å². The lowest BCUT2D eigenvalue weighted by Gasteiger charge is -2.13. The molecular formula is C23H17ClN6O4. The summed E-state index contributed by atoms with van der Waals surface area (Å²) in [5.41, 5.74) is 3.71. The van der Waals surface area contributed by atoms with Gasteiger partial charge in [0.25, 0.3) is 0 Å². The normalized spacial score (nSPS) is 16.8. The fourth-order valence-corrected chi connectivity index (χ4v) is 4.20. The number of aromatic carboxylic acids is 1. The third-order valence-corrected chi connectivity index (χ3v) is 5.91. The van der Waals surface area contributed by atoms with E-state index in [2.05, 4.69) is 25.8 Å². The van der Waals surface area contributed by atoms with Crippen molar-refractivity contribution in [3.63, 3.8) is 0 Å². The molecule has 0 fully saturated rings. The maximum absolute atomic E-state index is 12.9. The number of fused-ring (bicyclic) bond motifs is 1. The van der Waals surface area contributed by atoms with Gasteiger partial charge < -0.3 is 15.5 Å². The largest absolute Gasteiger partial charge is 0.478 e. The van der Waals surface area contributed by atoms with E-state index < -0.39 is 18.0 Å². The van der Waals surface area contributed by atoms with Gasteiger partial charge in [-0.1, -0.05) is 11.6 Å². The predicted molar refractivity (Wildman–Crippen MR) is 122 cm³/mol. The smallest absolute Gasteiger partial charge is 0.335 e. The number of benzene rings is 2. The molecular weight excluding hydrogens is 460 g/mol. The number of amides is 1. The summed E-state index contributed by atoms with van der Waals surface area (Å²) in [5.74, 6) is -2.04. The van der Waals surface area contributed by atoms with Crippen molar-refractivity contribution in [1.29, 1.82) is 0 Å². The number of carbonyl (C=O) groups excluding carboxylic acids is 1. The van der Waals surface area contributed by atoms with E-state index in [0.29, 0.717) is 38.8 Å². The maximum Gasteiger partial charge on any atom is 0.335 e. The van der Waals surface area contributed by atoms with Crippen molar-refractivity contribution < 1.29 is 19.8 Å². The number of hydrogen-bond donors (Lipinski definition) is 3. The second-order valence-electron chi connectivity index (χ2n) is 7.79. The molecule has 0 spiro atoms. The first-order valence-electron chi connectivity index (χ1n) is 10.3. The molecule has 2 heterocycles. The first kappa shape index (κ1) is 21.7. The zero-order valence-corrected chi connectivity index (χ0v) is 18.2. The number of carboxylic acid groups (broad SMARTS) is 1. The van der Waals surface area contributed by atoms with Gasteiger partial charge in [-0.25, -0.2) is 4.79 Å². The zero-order chi connectivity index (χ0) is 23.8. The Morgan fingerprint density at radius 1 is 1.12 bits per heavy atom. The molecule has 170 valence electrons. The molecule has 1 aliphatic carbocycles. The highest BCUT2D eigenvalue weighted by Gasteiger charge is 2.36. The first-order valence-corrected chi connectivity index (χ1v) is 10.6. The number of nitrogens with one attached hydrogen (secondary N) is 1. The molecule has 1 aliphatic rings. The summed E-state index contributed by atoms with van der Waals surface area (Å²) < 4.78 is 1.50. The van der Waals surface area contributed by atoms with Gasteiger partial charge in [-0.3, -0.25) is 9.78 Å². The van der Waals surface area contributed by atoms with Crippen LogP contribution in [-0.4, -0.2) is 47.3 Å². The highest BCUT2D eigenvalue weighted by Crippen LogP contribution is 2.42. The molecule has 0 bridgehead atoms. The summed E-state index contributed by atoms with van der Waals surface area (Å²) in [6.45, 7) is 0.